The number of hydrogen-bond acceptors (Lipinski definition) is 3. The predicted octanol–water partition coefficient (Wildman–Crippen LogP) is 3.33. The first kappa shape index (κ1) is 12.7. The maximum Gasteiger partial charge on any atom is 0.142 e. The van der Waals surface area contributed by atoms with Crippen molar-refractivity contribution in [1.82, 2.24) is 14.5 Å². The molecular weight excluding hydrogens is 248 g/mol. The van der Waals surface area contributed by atoms with Crippen LogP contribution in [0.5, 0.6) is 0 Å². The summed E-state index contributed by atoms with van der Waals surface area (Å²) in [4.78, 5) is 8.91. The van der Waals surface area contributed by atoms with Crippen LogP contribution >= 0.6 is 0 Å². The summed E-state index contributed by atoms with van der Waals surface area (Å²) in [6.45, 7) is 4.09. The minimum Gasteiger partial charge on any atom is -0.373 e. The average molecular weight is 266 g/mol. The molecule has 4 heteroatoms. The van der Waals surface area contributed by atoms with Gasteiger partial charge in [0.15, 0.2) is 0 Å². The van der Waals surface area contributed by atoms with Crippen LogP contribution < -0.4 is 5.32 Å². The van der Waals surface area contributed by atoms with E-state index in [0.29, 0.717) is 0 Å². The Morgan fingerprint density at radius 2 is 2.00 bits per heavy atom. The summed E-state index contributed by atoms with van der Waals surface area (Å²) < 4.78 is 2.14. The smallest absolute Gasteiger partial charge is 0.142 e. The molecule has 4 nitrogen and oxygen atoms in total. The molecule has 3 aromatic rings. The quantitative estimate of drug-likeness (QED) is 0.790. The summed E-state index contributed by atoms with van der Waals surface area (Å²) in [6, 6.07) is 10.4. The van der Waals surface area contributed by atoms with Crippen LogP contribution in [-0.4, -0.2) is 21.6 Å². The van der Waals surface area contributed by atoms with E-state index in [0.717, 1.165) is 23.9 Å². The Morgan fingerprint density at radius 1 is 1.20 bits per heavy atom. The summed E-state index contributed by atoms with van der Waals surface area (Å²) in [5.74, 6) is 2.50. The predicted molar refractivity (Wildman–Crippen MR) is 82.5 cm³/mol. The molecule has 0 atom stereocenters. The molecule has 0 saturated heterocycles. The molecule has 0 aliphatic carbocycles. The molecule has 0 spiro atoms. The molecular formula is C16H18N4. The van der Waals surface area contributed by atoms with Crippen LogP contribution in [0.3, 0.4) is 0 Å². The molecule has 0 amide bonds. The van der Waals surface area contributed by atoms with E-state index >= 15 is 0 Å². The van der Waals surface area contributed by atoms with Crippen molar-refractivity contribution in [2.75, 3.05) is 12.4 Å². The van der Waals surface area contributed by atoms with E-state index in [1.807, 2.05) is 20.0 Å². The molecule has 20 heavy (non-hydrogen) atoms. The van der Waals surface area contributed by atoms with Gasteiger partial charge in [0, 0.05) is 24.7 Å². The molecule has 102 valence electrons. The number of fused-ring (bicyclic) bond motifs is 1. The van der Waals surface area contributed by atoms with Gasteiger partial charge < -0.3 is 9.88 Å². The van der Waals surface area contributed by atoms with Gasteiger partial charge in [-0.15, -0.1) is 0 Å². The van der Waals surface area contributed by atoms with Gasteiger partial charge in [-0.1, -0.05) is 25.1 Å². The van der Waals surface area contributed by atoms with Crippen LogP contribution in [-0.2, 0) is 6.42 Å². The van der Waals surface area contributed by atoms with Crippen molar-refractivity contribution in [2.45, 2.75) is 20.3 Å². The fourth-order valence-electron chi connectivity index (χ4n) is 2.52. The van der Waals surface area contributed by atoms with Crippen molar-refractivity contribution in [3.05, 3.63) is 47.9 Å². The SMILES string of the molecule is CCc1cn(-c2cc(NC)nc(C)n2)c2ccccc12. The first-order valence-corrected chi connectivity index (χ1v) is 6.85. The fourth-order valence-corrected chi connectivity index (χ4v) is 2.52. The number of benzene rings is 1. The maximum absolute atomic E-state index is 4.56. The standard InChI is InChI=1S/C16H18N4/c1-4-12-10-20(14-8-6-5-7-13(12)14)16-9-15(17-3)18-11(2)19-16/h5-10H,4H2,1-3H3,(H,17,18,19). The van der Waals surface area contributed by atoms with Crippen LogP contribution in [0.2, 0.25) is 0 Å². The molecule has 2 heterocycles. The Kier molecular flexibility index (Phi) is 3.14. The van der Waals surface area contributed by atoms with E-state index in [9.17, 15) is 0 Å². The Labute approximate surface area is 118 Å². The number of hydrogen-bond donors (Lipinski definition) is 1. The van der Waals surface area contributed by atoms with Gasteiger partial charge in [0.25, 0.3) is 0 Å². The van der Waals surface area contributed by atoms with E-state index in [1.165, 1.54) is 16.5 Å². The van der Waals surface area contributed by atoms with Crippen molar-refractivity contribution < 1.29 is 0 Å². The van der Waals surface area contributed by atoms with Crippen LogP contribution in [0.1, 0.15) is 18.3 Å². The molecule has 0 unspecified atom stereocenters. The number of nitrogens with one attached hydrogen (secondary N) is 1. The number of rotatable bonds is 3. The fraction of sp³-hybridized carbons (Fsp3) is 0.250. The number of aromatic nitrogens is 3. The monoisotopic (exact) mass is 266 g/mol. The van der Waals surface area contributed by atoms with Gasteiger partial charge >= 0.3 is 0 Å². The van der Waals surface area contributed by atoms with Gasteiger partial charge in [-0.2, -0.15) is 0 Å². The Balaban J connectivity index is 2.26. The molecule has 0 fully saturated rings. The van der Waals surface area contributed by atoms with E-state index in [1.54, 1.807) is 0 Å². The van der Waals surface area contributed by atoms with Gasteiger partial charge in [0.2, 0.25) is 0 Å². The second-order valence-electron chi connectivity index (χ2n) is 4.80. The highest BCUT2D eigenvalue weighted by Crippen LogP contribution is 2.25. The normalized spacial score (nSPS) is 10.9. The Hall–Kier alpha value is -2.36. The largest absolute Gasteiger partial charge is 0.373 e. The summed E-state index contributed by atoms with van der Waals surface area (Å²) in [6.07, 6.45) is 3.18. The third-order valence-corrected chi connectivity index (χ3v) is 3.50. The van der Waals surface area contributed by atoms with E-state index in [4.69, 9.17) is 0 Å². The Morgan fingerprint density at radius 3 is 2.75 bits per heavy atom. The van der Waals surface area contributed by atoms with Crippen molar-refractivity contribution >= 4 is 16.7 Å². The lowest BCUT2D eigenvalue weighted by molar-refractivity contribution is 0.959. The summed E-state index contributed by atoms with van der Waals surface area (Å²) in [5, 5.41) is 4.37. The highest BCUT2D eigenvalue weighted by atomic mass is 15.1. The first-order chi connectivity index (χ1) is 9.72. The summed E-state index contributed by atoms with van der Waals surface area (Å²) in [5.41, 5.74) is 2.52. The molecule has 0 saturated carbocycles. The van der Waals surface area contributed by atoms with Crippen LogP contribution in [0.15, 0.2) is 36.5 Å². The minimum absolute atomic E-state index is 0.766. The van der Waals surface area contributed by atoms with Gasteiger partial charge in [-0.25, -0.2) is 9.97 Å². The highest BCUT2D eigenvalue weighted by Gasteiger charge is 2.10. The molecule has 0 bridgehead atoms. The zero-order chi connectivity index (χ0) is 14.1. The lowest BCUT2D eigenvalue weighted by Gasteiger charge is -2.07. The van der Waals surface area contributed by atoms with E-state index in [-0.39, 0.29) is 0 Å². The number of aryl methyl sites for hydroxylation is 2. The molecule has 0 aliphatic heterocycles. The van der Waals surface area contributed by atoms with Crippen molar-refractivity contribution in [3.8, 4) is 5.82 Å². The van der Waals surface area contributed by atoms with Crippen molar-refractivity contribution in [3.63, 3.8) is 0 Å². The zero-order valence-electron chi connectivity index (χ0n) is 12.0. The lowest BCUT2D eigenvalue weighted by Crippen LogP contribution is -2.03. The molecule has 1 aromatic carbocycles. The molecule has 1 N–H and O–H groups in total. The van der Waals surface area contributed by atoms with Gasteiger partial charge in [-0.3, -0.25) is 0 Å². The molecule has 2 aromatic heterocycles. The Bertz CT molecular complexity index is 758. The van der Waals surface area contributed by atoms with Crippen LogP contribution in [0.25, 0.3) is 16.7 Å². The van der Waals surface area contributed by atoms with Crippen LogP contribution in [0.4, 0.5) is 5.82 Å². The maximum atomic E-state index is 4.56. The highest BCUT2D eigenvalue weighted by molar-refractivity contribution is 5.85. The van der Waals surface area contributed by atoms with Gasteiger partial charge in [0.05, 0.1) is 5.52 Å². The minimum atomic E-state index is 0.766. The number of anilines is 1. The molecule has 3 rings (SSSR count). The second-order valence-corrected chi connectivity index (χ2v) is 4.80. The molecule has 0 aliphatic rings. The third kappa shape index (κ3) is 2.03. The third-order valence-electron chi connectivity index (χ3n) is 3.50. The van der Waals surface area contributed by atoms with E-state index in [2.05, 4.69) is 57.2 Å². The average Bonchev–Trinajstić information content (AvgIpc) is 2.85. The van der Waals surface area contributed by atoms with Crippen LogP contribution in [0, 0.1) is 6.92 Å². The first-order valence-electron chi connectivity index (χ1n) is 6.85. The van der Waals surface area contributed by atoms with Gasteiger partial charge in [0.1, 0.15) is 17.5 Å². The zero-order valence-corrected chi connectivity index (χ0v) is 12.0. The second kappa shape index (κ2) is 4.96. The summed E-state index contributed by atoms with van der Waals surface area (Å²) >= 11 is 0. The topological polar surface area (TPSA) is 42.7 Å². The van der Waals surface area contributed by atoms with Crippen molar-refractivity contribution in [1.29, 1.82) is 0 Å². The van der Waals surface area contributed by atoms with Crippen molar-refractivity contribution in [2.24, 2.45) is 0 Å². The van der Waals surface area contributed by atoms with E-state index < -0.39 is 0 Å². The summed E-state index contributed by atoms with van der Waals surface area (Å²) in [7, 11) is 1.87. The number of nitrogens with zero attached hydrogens (tertiary/aromatic N) is 3. The number of para-hydroxylation sites is 1. The van der Waals surface area contributed by atoms with Gasteiger partial charge in [-0.05, 0) is 25.0 Å². The lowest BCUT2D eigenvalue weighted by atomic mass is 10.1. The molecule has 0 radical (unpaired) electrons.